The molecule has 1 aliphatic rings. The molecule has 21 heavy (non-hydrogen) atoms. The van der Waals surface area contributed by atoms with Crippen molar-refractivity contribution in [2.45, 2.75) is 65.1 Å². The molecule has 118 valence electrons. The van der Waals surface area contributed by atoms with Gasteiger partial charge in [0, 0.05) is 19.1 Å². The van der Waals surface area contributed by atoms with Gasteiger partial charge in [0.2, 0.25) is 0 Å². The number of hydrogen-bond donors (Lipinski definition) is 1. The van der Waals surface area contributed by atoms with E-state index >= 15 is 0 Å². The van der Waals surface area contributed by atoms with Gasteiger partial charge in [-0.15, -0.1) is 0 Å². The first kappa shape index (κ1) is 16.5. The molecule has 0 atom stereocenters. The van der Waals surface area contributed by atoms with E-state index in [9.17, 15) is 0 Å². The minimum atomic E-state index is 0.784. The molecule has 2 rings (SSSR count). The van der Waals surface area contributed by atoms with Crippen molar-refractivity contribution in [2.24, 2.45) is 5.92 Å². The van der Waals surface area contributed by atoms with Crippen molar-refractivity contribution < 1.29 is 0 Å². The highest BCUT2D eigenvalue weighted by atomic mass is 15.1. The molecular formula is C19H32N2. The lowest BCUT2D eigenvalue weighted by atomic mass is 9.86. The lowest BCUT2D eigenvalue weighted by Crippen LogP contribution is -2.34. The van der Waals surface area contributed by atoms with Crippen LogP contribution in [0.25, 0.3) is 0 Å². The summed E-state index contributed by atoms with van der Waals surface area (Å²) in [6.45, 7) is 7.77. The van der Waals surface area contributed by atoms with Crippen molar-refractivity contribution in [3.63, 3.8) is 0 Å². The summed E-state index contributed by atoms with van der Waals surface area (Å²) < 4.78 is 0. The quantitative estimate of drug-likeness (QED) is 0.757. The van der Waals surface area contributed by atoms with E-state index < -0.39 is 0 Å². The zero-order chi connectivity index (χ0) is 15.1. The van der Waals surface area contributed by atoms with Crippen LogP contribution in [0.1, 0.15) is 57.1 Å². The van der Waals surface area contributed by atoms with E-state index in [0.717, 1.165) is 31.6 Å². The molecule has 1 aliphatic carbocycles. The summed E-state index contributed by atoms with van der Waals surface area (Å²) in [6.07, 6.45) is 6.74. The second-order valence-corrected chi connectivity index (χ2v) is 6.82. The second-order valence-electron chi connectivity index (χ2n) is 6.82. The fourth-order valence-corrected chi connectivity index (χ4v) is 3.27. The predicted molar refractivity (Wildman–Crippen MR) is 91.3 cm³/mol. The molecule has 1 aromatic rings. The average molecular weight is 288 g/mol. The maximum Gasteiger partial charge on any atom is 0.0233 e. The van der Waals surface area contributed by atoms with Crippen LogP contribution in [0, 0.1) is 5.92 Å². The zero-order valence-electron chi connectivity index (χ0n) is 14.1. The van der Waals surface area contributed by atoms with Gasteiger partial charge < -0.3 is 5.32 Å². The van der Waals surface area contributed by atoms with Gasteiger partial charge in [0.25, 0.3) is 0 Å². The largest absolute Gasteiger partial charge is 0.313 e. The third-order valence-electron chi connectivity index (χ3n) is 4.82. The third-order valence-corrected chi connectivity index (χ3v) is 4.82. The Labute approximate surface area is 130 Å². The first-order valence-corrected chi connectivity index (χ1v) is 8.67. The number of rotatable bonds is 7. The molecule has 2 heteroatoms. The average Bonchev–Trinajstić information content (AvgIpc) is 2.50. The van der Waals surface area contributed by atoms with E-state index in [4.69, 9.17) is 0 Å². The molecule has 0 saturated heterocycles. The molecular weight excluding hydrogens is 256 g/mol. The molecule has 0 aromatic heterocycles. The van der Waals surface area contributed by atoms with Gasteiger partial charge in [0.1, 0.15) is 0 Å². The Bertz CT molecular complexity index is 391. The van der Waals surface area contributed by atoms with Crippen molar-refractivity contribution >= 4 is 0 Å². The van der Waals surface area contributed by atoms with Gasteiger partial charge in [-0.3, -0.25) is 4.90 Å². The maximum absolute atomic E-state index is 3.46. The van der Waals surface area contributed by atoms with Crippen molar-refractivity contribution in [1.82, 2.24) is 10.2 Å². The van der Waals surface area contributed by atoms with Crippen molar-refractivity contribution in [1.29, 1.82) is 0 Å². The molecule has 0 amide bonds. The summed E-state index contributed by atoms with van der Waals surface area (Å²) in [7, 11) is 2.29. The highest BCUT2D eigenvalue weighted by molar-refractivity contribution is 5.22. The van der Waals surface area contributed by atoms with Crippen LogP contribution in [0.15, 0.2) is 24.3 Å². The lowest BCUT2D eigenvalue weighted by molar-refractivity contribution is 0.164. The number of nitrogens with one attached hydrogen (secondary N) is 1. The highest BCUT2D eigenvalue weighted by Crippen LogP contribution is 2.27. The first-order valence-electron chi connectivity index (χ1n) is 8.67. The van der Waals surface area contributed by atoms with Gasteiger partial charge in [-0.2, -0.15) is 0 Å². The molecule has 1 saturated carbocycles. The van der Waals surface area contributed by atoms with Gasteiger partial charge in [-0.1, -0.05) is 38.1 Å². The standard InChI is InChI=1S/C19H32N2/c1-4-13-20-14-17-7-9-18(10-8-17)15-21(3)19-11-5-16(2)6-12-19/h7-10,16,19-20H,4-6,11-15H2,1-3H3. The Kier molecular flexibility index (Phi) is 6.72. The summed E-state index contributed by atoms with van der Waals surface area (Å²) in [6, 6.07) is 9.92. The smallest absolute Gasteiger partial charge is 0.0233 e. The summed E-state index contributed by atoms with van der Waals surface area (Å²) in [5, 5.41) is 3.46. The minimum absolute atomic E-state index is 0.784. The van der Waals surface area contributed by atoms with Crippen LogP contribution in [0.3, 0.4) is 0 Å². The van der Waals surface area contributed by atoms with Crippen molar-refractivity contribution in [3.05, 3.63) is 35.4 Å². The summed E-state index contributed by atoms with van der Waals surface area (Å²) in [4.78, 5) is 2.55. The Morgan fingerprint density at radius 2 is 1.67 bits per heavy atom. The Hall–Kier alpha value is -0.860. The Balaban J connectivity index is 1.79. The van der Waals surface area contributed by atoms with E-state index in [1.54, 1.807) is 0 Å². The number of nitrogens with zero attached hydrogens (tertiary/aromatic N) is 1. The van der Waals surface area contributed by atoms with Crippen molar-refractivity contribution in [2.75, 3.05) is 13.6 Å². The summed E-state index contributed by atoms with van der Waals surface area (Å²) in [5.74, 6) is 0.935. The fourth-order valence-electron chi connectivity index (χ4n) is 3.27. The van der Waals surface area contributed by atoms with Gasteiger partial charge in [0.15, 0.2) is 0 Å². The van der Waals surface area contributed by atoms with Crippen LogP contribution in [0.5, 0.6) is 0 Å². The van der Waals surface area contributed by atoms with Crippen LogP contribution in [0.4, 0.5) is 0 Å². The molecule has 0 radical (unpaired) electrons. The normalized spacial score (nSPS) is 22.7. The van der Waals surface area contributed by atoms with E-state index in [-0.39, 0.29) is 0 Å². The zero-order valence-corrected chi connectivity index (χ0v) is 14.1. The molecule has 0 bridgehead atoms. The summed E-state index contributed by atoms with van der Waals surface area (Å²) in [5.41, 5.74) is 2.83. The molecule has 1 fully saturated rings. The lowest BCUT2D eigenvalue weighted by Gasteiger charge is -2.33. The Morgan fingerprint density at radius 3 is 2.29 bits per heavy atom. The topological polar surface area (TPSA) is 15.3 Å². The predicted octanol–water partition coefficient (Wildman–Crippen LogP) is 4.20. The van der Waals surface area contributed by atoms with Gasteiger partial charge in [0.05, 0.1) is 0 Å². The molecule has 1 aromatic carbocycles. The molecule has 0 aliphatic heterocycles. The fraction of sp³-hybridized carbons (Fsp3) is 0.684. The highest BCUT2D eigenvalue weighted by Gasteiger charge is 2.21. The van der Waals surface area contributed by atoms with Crippen LogP contribution in [-0.2, 0) is 13.1 Å². The van der Waals surface area contributed by atoms with E-state index in [0.29, 0.717) is 0 Å². The number of benzene rings is 1. The van der Waals surface area contributed by atoms with Crippen LogP contribution >= 0.6 is 0 Å². The van der Waals surface area contributed by atoms with Crippen molar-refractivity contribution in [3.8, 4) is 0 Å². The molecule has 0 unspecified atom stereocenters. The first-order chi connectivity index (χ1) is 10.2. The molecule has 1 N–H and O–H groups in total. The molecule has 0 heterocycles. The summed E-state index contributed by atoms with van der Waals surface area (Å²) >= 11 is 0. The van der Waals surface area contributed by atoms with Gasteiger partial charge >= 0.3 is 0 Å². The van der Waals surface area contributed by atoms with E-state index in [1.165, 1.54) is 43.2 Å². The molecule has 0 spiro atoms. The van der Waals surface area contributed by atoms with E-state index in [1.807, 2.05) is 0 Å². The van der Waals surface area contributed by atoms with Crippen LogP contribution in [-0.4, -0.2) is 24.5 Å². The van der Waals surface area contributed by atoms with Gasteiger partial charge in [-0.25, -0.2) is 0 Å². The number of hydrogen-bond acceptors (Lipinski definition) is 2. The third kappa shape index (κ3) is 5.44. The van der Waals surface area contributed by atoms with Gasteiger partial charge in [-0.05, 0) is 62.7 Å². The van der Waals surface area contributed by atoms with Crippen LogP contribution in [0.2, 0.25) is 0 Å². The minimum Gasteiger partial charge on any atom is -0.313 e. The van der Waals surface area contributed by atoms with E-state index in [2.05, 4.69) is 55.4 Å². The maximum atomic E-state index is 3.46. The second kappa shape index (κ2) is 8.55. The monoisotopic (exact) mass is 288 g/mol. The van der Waals surface area contributed by atoms with Crippen LogP contribution < -0.4 is 5.32 Å². The Morgan fingerprint density at radius 1 is 1.05 bits per heavy atom. The SMILES string of the molecule is CCCNCc1ccc(CN(C)C2CCC(C)CC2)cc1. The molecule has 2 nitrogen and oxygen atoms in total.